The summed E-state index contributed by atoms with van der Waals surface area (Å²) >= 11 is 6.52. The van der Waals surface area contributed by atoms with Crippen molar-refractivity contribution in [3.63, 3.8) is 0 Å². The van der Waals surface area contributed by atoms with Crippen LogP contribution in [0.4, 0.5) is 0 Å². The van der Waals surface area contributed by atoms with Crippen LogP contribution in [0.3, 0.4) is 0 Å². The van der Waals surface area contributed by atoms with Crippen LogP contribution in [0.15, 0.2) is 72.8 Å². The Morgan fingerprint density at radius 1 is 0.889 bits per heavy atom. The highest BCUT2D eigenvalue weighted by molar-refractivity contribution is 6.31. The topological polar surface area (TPSA) is 35.2 Å². The fourth-order valence-corrected chi connectivity index (χ4v) is 3.17. The number of rotatable bonds is 7. The molecule has 27 heavy (non-hydrogen) atoms. The number of hydrogen-bond donors (Lipinski definition) is 1. The molecule has 0 radical (unpaired) electrons. The molecule has 0 atom stereocenters. The predicted molar refractivity (Wildman–Crippen MR) is 114 cm³/mol. The van der Waals surface area contributed by atoms with E-state index in [1.54, 1.807) is 0 Å². The van der Waals surface area contributed by atoms with Crippen LogP contribution in [0.5, 0.6) is 5.75 Å². The lowest BCUT2D eigenvalue weighted by Gasteiger charge is -2.18. The molecule has 0 aliphatic carbocycles. The molecule has 0 spiro atoms. The van der Waals surface area contributed by atoms with E-state index in [0.717, 1.165) is 45.9 Å². The van der Waals surface area contributed by atoms with Gasteiger partial charge in [0, 0.05) is 10.6 Å². The first-order chi connectivity index (χ1) is 12.9. The molecule has 3 heteroatoms. The molecule has 0 aliphatic rings. The molecular formula is C24H26ClNO. The molecule has 0 unspecified atom stereocenters. The average Bonchev–Trinajstić information content (AvgIpc) is 2.66. The molecule has 0 aliphatic heterocycles. The van der Waals surface area contributed by atoms with Crippen LogP contribution in [-0.2, 0) is 13.0 Å². The summed E-state index contributed by atoms with van der Waals surface area (Å²) in [4.78, 5) is 0. The first-order valence-corrected chi connectivity index (χ1v) is 9.63. The highest BCUT2D eigenvalue weighted by atomic mass is 35.5. The highest BCUT2D eigenvalue weighted by Gasteiger charge is 2.12. The number of benzene rings is 3. The fourth-order valence-electron chi connectivity index (χ4n) is 2.89. The number of nitrogens with two attached hydrogens (primary N) is 1. The van der Waals surface area contributed by atoms with Gasteiger partial charge in [-0.25, -0.2) is 0 Å². The second-order valence-corrected chi connectivity index (χ2v) is 8.00. The molecule has 0 bridgehead atoms. The van der Waals surface area contributed by atoms with Crippen molar-refractivity contribution in [2.24, 2.45) is 5.73 Å². The monoisotopic (exact) mass is 379 g/mol. The van der Waals surface area contributed by atoms with Gasteiger partial charge >= 0.3 is 0 Å². The van der Waals surface area contributed by atoms with E-state index in [4.69, 9.17) is 22.1 Å². The number of aryl methyl sites for hydroxylation is 1. The summed E-state index contributed by atoms with van der Waals surface area (Å²) in [5.74, 6) is 0.849. The normalized spacial score (nSPS) is 11.4. The van der Waals surface area contributed by atoms with Gasteiger partial charge in [-0.05, 0) is 67.1 Å². The molecule has 0 saturated heterocycles. The lowest BCUT2D eigenvalue weighted by Crippen LogP contribution is -2.32. The SMILES string of the molecule is CC(C)(N)CCc1ccc(-c2cccc(OCc3ccccc3)c2)cc1Cl. The molecule has 2 N–H and O–H groups in total. The Hall–Kier alpha value is -2.29. The lowest BCUT2D eigenvalue weighted by molar-refractivity contribution is 0.306. The predicted octanol–water partition coefficient (Wildman–Crippen LogP) is 6.26. The van der Waals surface area contributed by atoms with Gasteiger partial charge in [0.25, 0.3) is 0 Å². The zero-order valence-corrected chi connectivity index (χ0v) is 16.7. The second-order valence-electron chi connectivity index (χ2n) is 7.60. The van der Waals surface area contributed by atoms with E-state index in [2.05, 4.69) is 36.4 Å². The second kappa shape index (κ2) is 8.60. The van der Waals surface area contributed by atoms with Crippen molar-refractivity contribution in [3.8, 4) is 16.9 Å². The van der Waals surface area contributed by atoms with Crippen LogP contribution >= 0.6 is 11.6 Å². The number of ether oxygens (including phenoxy) is 1. The third-order valence-corrected chi connectivity index (χ3v) is 4.86. The number of hydrogen-bond acceptors (Lipinski definition) is 2. The Bertz CT molecular complexity index is 884. The van der Waals surface area contributed by atoms with Crippen LogP contribution < -0.4 is 10.5 Å². The van der Waals surface area contributed by atoms with Crippen LogP contribution in [0.25, 0.3) is 11.1 Å². The highest BCUT2D eigenvalue weighted by Crippen LogP contribution is 2.29. The minimum Gasteiger partial charge on any atom is -0.489 e. The Balaban J connectivity index is 1.71. The van der Waals surface area contributed by atoms with E-state index >= 15 is 0 Å². The van der Waals surface area contributed by atoms with E-state index in [0.29, 0.717) is 6.61 Å². The van der Waals surface area contributed by atoms with Gasteiger partial charge in [-0.15, -0.1) is 0 Å². The van der Waals surface area contributed by atoms with Crippen molar-refractivity contribution in [2.45, 2.75) is 38.8 Å². The third kappa shape index (κ3) is 5.85. The molecule has 2 nitrogen and oxygen atoms in total. The van der Waals surface area contributed by atoms with E-state index < -0.39 is 0 Å². The van der Waals surface area contributed by atoms with E-state index in [1.807, 2.05) is 50.2 Å². The maximum Gasteiger partial charge on any atom is 0.120 e. The molecular weight excluding hydrogens is 354 g/mol. The molecule has 3 rings (SSSR count). The summed E-state index contributed by atoms with van der Waals surface area (Å²) in [6, 6.07) is 24.5. The zero-order chi connectivity index (χ0) is 19.3. The van der Waals surface area contributed by atoms with E-state index in [1.165, 1.54) is 0 Å². The quantitative estimate of drug-likeness (QED) is 0.526. The van der Waals surface area contributed by atoms with Crippen molar-refractivity contribution in [1.82, 2.24) is 0 Å². The molecule has 0 aromatic heterocycles. The van der Waals surface area contributed by atoms with Gasteiger partial charge in [-0.3, -0.25) is 0 Å². The summed E-state index contributed by atoms with van der Waals surface area (Å²) in [6.07, 6.45) is 1.78. The van der Waals surface area contributed by atoms with E-state index in [9.17, 15) is 0 Å². The number of halogens is 1. The van der Waals surface area contributed by atoms with Gasteiger partial charge in [-0.2, -0.15) is 0 Å². The van der Waals surface area contributed by atoms with Crippen molar-refractivity contribution in [1.29, 1.82) is 0 Å². The standard InChI is InChI=1S/C24H26ClNO/c1-24(2,26)14-13-19-11-12-21(16-23(19)25)20-9-6-10-22(15-20)27-17-18-7-4-3-5-8-18/h3-12,15-16H,13-14,17,26H2,1-2H3. The summed E-state index contributed by atoms with van der Waals surface area (Å²) in [7, 11) is 0. The Kier molecular flexibility index (Phi) is 6.20. The summed E-state index contributed by atoms with van der Waals surface area (Å²) in [5, 5.41) is 0.785. The van der Waals surface area contributed by atoms with Crippen LogP contribution in [-0.4, -0.2) is 5.54 Å². The molecule has 0 heterocycles. The van der Waals surface area contributed by atoms with Crippen LogP contribution in [0.1, 0.15) is 31.4 Å². The van der Waals surface area contributed by atoms with Gasteiger partial charge in [0.1, 0.15) is 12.4 Å². The molecule has 0 saturated carbocycles. The van der Waals surface area contributed by atoms with E-state index in [-0.39, 0.29) is 5.54 Å². The maximum absolute atomic E-state index is 6.52. The van der Waals surface area contributed by atoms with Crippen molar-refractivity contribution >= 4 is 11.6 Å². The Labute approximate surface area is 166 Å². The minimum absolute atomic E-state index is 0.188. The third-order valence-electron chi connectivity index (χ3n) is 4.51. The van der Waals surface area contributed by atoms with Crippen LogP contribution in [0.2, 0.25) is 5.02 Å². The smallest absolute Gasteiger partial charge is 0.120 e. The lowest BCUT2D eigenvalue weighted by atomic mass is 9.95. The van der Waals surface area contributed by atoms with Gasteiger partial charge in [0.15, 0.2) is 0 Å². The van der Waals surface area contributed by atoms with Crippen molar-refractivity contribution in [3.05, 3.63) is 88.9 Å². The van der Waals surface area contributed by atoms with Gasteiger partial charge in [0.2, 0.25) is 0 Å². The van der Waals surface area contributed by atoms with Gasteiger partial charge < -0.3 is 10.5 Å². The van der Waals surface area contributed by atoms with Crippen molar-refractivity contribution in [2.75, 3.05) is 0 Å². The van der Waals surface area contributed by atoms with Gasteiger partial charge in [0.05, 0.1) is 0 Å². The largest absolute Gasteiger partial charge is 0.489 e. The van der Waals surface area contributed by atoms with Gasteiger partial charge in [-0.1, -0.05) is 66.2 Å². The average molecular weight is 380 g/mol. The first-order valence-electron chi connectivity index (χ1n) is 9.25. The summed E-state index contributed by atoms with van der Waals surface area (Å²) in [6.45, 7) is 4.63. The Morgan fingerprint density at radius 2 is 1.63 bits per heavy atom. The zero-order valence-electron chi connectivity index (χ0n) is 15.9. The molecule has 0 amide bonds. The molecule has 3 aromatic carbocycles. The minimum atomic E-state index is -0.188. The van der Waals surface area contributed by atoms with Crippen LogP contribution in [0, 0.1) is 0 Å². The Morgan fingerprint density at radius 3 is 2.33 bits per heavy atom. The fraction of sp³-hybridized carbons (Fsp3) is 0.250. The molecule has 0 fully saturated rings. The summed E-state index contributed by atoms with van der Waals surface area (Å²) in [5.41, 5.74) is 10.4. The maximum atomic E-state index is 6.52. The molecule has 140 valence electrons. The molecule has 3 aromatic rings. The first kappa shape index (κ1) is 19.5. The van der Waals surface area contributed by atoms with Crippen molar-refractivity contribution < 1.29 is 4.74 Å². The summed E-state index contributed by atoms with van der Waals surface area (Å²) < 4.78 is 5.94.